The number of nitrogens with one attached hydrogen (secondary N) is 1. The van der Waals surface area contributed by atoms with Crippen molar-refractivity contribution < 1.29 is 31.9 Å². The number of halogens is 5. The summed E-state index contributed by atoms with van der Waals surface area (Å²) in [6.45, 7) is 1.67. The van der Waals surface area contributed by atoms with Gasteiger partial charge in [-0.3, -0.25) is 9.59 Å². The molecular formula is C25H19ClF4N6O3. The molecule has 2 aromatic carbocycles. The predicted molar refractivity (Wildman–Crippen MR) is 132 cm³/mol. The number of carbonyl (C=O) groups excluding carboxylic acids is 2. The molecule has 1 atom stereocenters. The van der Waals surface area contributed by atoms with E-state index in [0.29, 0.717) is 16.5 Å². The lowest BCUT2D eigenvalue weighted by Crippen LogP contribution is -2.37. The second kappa shape index (κ2) is 10.7. The minimum atomic E-state index is -4.70. The van der Waals surface area contributed by atoms with Crippen LogP contribution >= 0.6 is 11.6 Å². The molecule has 3 N–H and O–H groups in total. The highest BCUT2D eigenvalue weighted by Gasteiger charge is 2.35. The first-order valence-electron chi connectivity index (χ1n) is 11.3. The van der Waals surface area contributed by atoms with Crippen molar-refractivity contribution in [2.24, 2.45) is 5.73 Å². The number of alkyl halides is 3. The molecule has 0 fully saturated rings. The van der Waals surface area contributed by atoms with Crippen molar-refractivity contribution in [1.29, 1.82) is 0 Å². The molecule has 0 saturated heterocycles. The average molecular weight is 563 g/mol. The lowest BCUT2D eigenvalue weighted by Gasteiger charge is -2.16. The number of rotatable bonds is 7. The van der Waals surface area contributed by atoms with Gasteiger partial charge in [0.1, 0.15) is 11.7 Å². The van der Waals surface area contributed by atoms with Crippen LogP contribution in [0.1, 0.15) is 41.0 Å². The fourth-order valence-corrected chi connectivity index (χ4v) is 4.10. The first kappa shape index (κ1) is 27.5. The summed E-state index contributed by atoms with van der Waals surface area (Å²) < 4.78 is 54.6. The van der Waals surface area contributed by atoms with Crippen molar-refractivity contribution in [3.05, 3.63) is 93.9 Å². The number of amides is 2. The standard InChI is InChI=1S/C25H19ClF4N6O3/c1-2-16(24(38)32-15-5-6-17(23(31)37)19(27)10-15)21-7-3-13(11-36(21)39)18-9-14(26)4-8-20(18)35-12-22(33-34-35)25(28,29)30/h3-12,16H,2H2,1H3,(H2,31,37)(H,32,38). The Morgan fingerprint density at radius 3 is 2.51 bits per heavy atom. The van der Waals surface area contributed by atoms with Gasteiger partial charge in [0.25, 0.3) is 5.91 Å². The Labute approximate surface area is 223 Å². The third-order valence-corrected chi connectivity index (χ3v) is 6.06. The van der Waals surface area contributed by atoms with Gasteiger partial charge >= 0.3 is 6.18 Å². The first-order valence-corrected chi connectivity index (χ1v) is 11.7. The van der Waals surface area contributed by atoms with Gasteiger partial charge < -0.3 is 16.3 Å². The quantitative estimate of drug-likeness (QED) is 0.193. The molecule has 4 aromatic rings. The number of anilines is 1. The summed E-state index contributed by atoms with van der Waals surface area (Å²) in [6.07, 6.45) is -2.63. The van der Waals surface area contributed by atoms with Gasteiger partial charge in [-0.25, -0.2) is 9.07 Å². The Hall–Kier alpha value is -4.52. The molecule has 0 bridgehead atoms. The molecule has 2 heterocycles. The number of benzene rings is 2. The van der Waals surface area contributed by atoms with Crippen molar-refractivity contribution in [3.8, 4) is 16.8 Å². The van der Waals surface area contributed by atoms with Crippen LogP contribution in [0.25, 0.3) is 16.8 Å². The summed E-state index contributed by atoms with van der Waals surface area (Å²) in [5.74, 6) is -3.42. The maximum Gasteiger partial charge on any atom is 0.436 e. The molecule has 2 aromatic heterocycles. The van der Waals surface area contributed by atoms with E-state index in [-0.39, 0.29) is 39.6 Å². The minimum absolute atomic E-state index is 0.0599. The first-order chi connectivity index (χ1) is 18.4. The third kappa shape index (κ3) is 5.82. The van der Waals surface area contributed by atoms with Gasteiger partial charge in [0.15, 0.2) is 11.9 Å². The molecule has 0 aliphatic carbocycles. The van der Waals surface area contributed by atoms with E-state index in [1.807, 2.05) is 0 Å². The van der Waals surface area contributed by atoms with Crippen molar-refractivity contribution >= 4 is 29.1 Å². The molecule has 0 aliphatic rings. The number of hydrogen-bond donors (Lipinski definition) is 2. The van der Waals surface area contributed by atoms with Crippen LogP contribution in [0.5, 0.6) is 0 Å². The molecule has 0 aliphatic heterocycles. The smallest absolute Gasteiger partial charge is 0.436 e. The van der Waals surface area contributed by atoms with E-state index in [9.17, 15) is 32.4 Å². The van der Waals surface area contributed by atoms with Crippen LogP contribution in [0, 0.1) is 11.0 Å². The zero-order valence-corrected chi connectivity index (χ0v) is 20.8. The van der Waals surface area contributed by atoms with Crippen molar-refractivity contribution in [3.63, 3.8) is 0 Å². The van der Waals surface area contributed by atoms with Crippen LogP contribution < -0.4 is 15.8 Å². The Morgan fingerprint density at radius 1 is 1.18 bits per heavy atom. The highest BCUT2D eigenvalue weighted by atomic mass is 35.5. The van der Waals surface area contributed by atoms with Crippen LogP contribution in [0.4, 0.5) is 23.2 Å². The molecule has 202 valence electrons. The second-order valence-corrected chi connectivity index (χ2v) is 8.82. The molecule has 0 radical (unpaired) electrons. The van der Waals surface area contributed by atoms with E-state index < -0.39 is 35.4 Å². The summed E-state index contributed by atoms with van der Waals surface area (Å²) in [5.41, 5.74) is 4.44. The molecule has 1 unspecified atom stereocenters. The Balaban J connectivity index is 1.65. The lowest BCUT2D eigenvalue weighted by atomic mass is 9.98. The average Bonchev–Trinajstić information content (AvgIpc) is 3.36. The van der Waals surface area contributed by atoms with E-state index in [1.165, 1.54) is 36.4 Å². The predicted octanol–water partition coefficient (Wildman–Crippen LogP) is 4.61. The number of pyridine rings is 1. The molecule has 39 heavy (non-hydrogen) atoms. The third-order valence-electron chi connectivity index (χ3n) is 5.83. The van der Waals surface area contributed by atoms with E-state index in [2.05, 4.69) is 15.6 Å². The van der Waals surface area contributed by atoms with E-state index in [0.717, 1.165) is 23.0 Å². The summed E-state index contributed by atoms with van der Waals surface area (Å²) >= 11 is 6.12. The summed E-state index contributed by atoms with van der Waals surface area (Å²) in [5, 5.41) is 22.5. The van der Waals surface area contributed by atoms with Gasteiger partial charge in [-0.2, -0.15) is 17.9 Å². The minimum Gasteiger partial charge on any atom is -0.618 e. The Kier molecular flexibility index (Phi) is 7.54. The number of hydrogen-bond acceptors (Lipinski definition) is 5. The molecular weight excluding hydrogens is 544 g/mol. The highest BCUT2D eigenvalue weighted by Crippen LogP contribution is 2.32. The molecule has 2 amide bonds. The van der Waals surface area contributed by atoms with Gasteiger partial charge in [-0.15, -0.1) is 5.10 Å². The Bertz CT molecular complexity index is 1570. The van der Waals surface area contributed by atoms with Gasteiger partial charge in [-0.05, 0) is 48.9 Å². The van der Waals surface area contributed by atoms with Crippen LogP contribution in [-0.4, -0.2) is 26.8 Å². The van der Waals surface area contributed by atoms with Crippen molar-refractivity contribution in [2.45, 2.75) is 25.4 Å². The zero-order chi connectivity index (χ0) is 28.5. The highest BCUT2D eigenvalue weighted by molar-refractivity contribution is 6.31. The number of carbonyl (C=O) groups is 2. The maximum atomic E-state index is 14.1. The molecule has 0 saturated carbocycles. The molecule has 14 heteroatoms. The van der Waals surface area contributed by atoms with Gasteiger partial charge in [-0.1, -0.05) is 23.7 Å². The van der Waals surface area contributed by atoms with Crippen molar-refractivity contribution in [1.82, 2.24) is 15.0 Å². The van der Waals surface area contributed by atoms with Crippen LogP contribution in [0.3, 0.4) is 0 Å². The SMILES string of the molecule is CCC(C(=O)Nc1ccc(C(N)=O)c(F)c1)c1ccc(-c2cc(Cl)ccc2-n2cc(C(F)(F)F)nn2)c[n+]1[O-]. The van der Waals surface area contributed by atoms with Gasteiger partial charge in [0.2, 0.25) is 11.6 Å². The fraction of sp³-hybridized carbons (Fsp3) is 0.160. The normalized spacial score (nSPS) is 12.3. The van der Waals surface area contributed by atoms with E-state index in [4.69, 9.17) is 17.3 Å². The molecule has 0 spiro atoms. The number of nitrogens with two attached hydrogens (primary N) is 1. The van der Waals surface area contributed by atoms with Gasteiger partial charge in [0.05, 0.1) is 17.4 Å². The molecule has 9 nitrogen and oxygen atoms in total. The monoisotopic (exact) mass is 562 g/mol. The van der Waals surface area contributed by atoms with Crippen LogP contribution in [0.15, 0.2) is 60.9 Å². The summed E-state index contributed by atoms with van der Waals surface area (Å²) in [7, 11) is 0. The fourth-order valence-electron chi connectivity index (χ4n) is 3.92. The van der Waals surface area contributed by atoms with E-state index >= 15 is 0 Å². The maximum absolute atomic E-state index is 14.1. The number of primary amides is 1. The van der Waals surface area contributed by atoms with Crippen molar-refractivity contribution in [2.75, 3.05) is 5.32 Å². The second-order valence-electron chi connectivity index (χ2n) is 8.38. The molecule has 4 rings (SSSR count). The zero-order valence-electron chi connectivity index (χ0n) is 20.0. The topological polar surface area (TPSA) is 130 Å². The number of nitrogens with zero attached hydrogens (tertiary/aromatic N) is 4. The van der Waals surface area contributed by atoms with Crippen LogP contribution in [-0.2, 0) is 11.0 Å². The van der Waals surface area contributed by atoms with Gasteiger partial charge in [0, 0.05) is 27.9 Å². The van der Waals surface area contributed by atoms with E-state index in [1.54, 1.807) is 6.92 Å². The lowest BCUT2D eigenvalue weighted by molar-refractivity contribution is -0.614. The Morgan fingerprint density at radius 2 is 1.92 bits per heavy atom. The number of aromatic nitrogens is 4. The summed E-state index contributed by atoms with van der Waals surface area (Å²) in [6, 6.07) is 10.6. The van der Waals surface area contributed by atoms with Crippen LogP contribution in [0.2, 0.25) is 5.02 Å². The largest absolute Gasteiger partial charge is 0.618 e. The summed E-state index contributed by atoms with van der Waals surface area (Å²) in [4.78, 5) is 24.2.